The van der Waals surface area contributed by atoms with Gasteiger partial charge in [0.1, 0.15) is 0 Å². The first kappa shape index (κ1) is 11.2. The molecule has 3 rings (SSSR count). The molecule has 2 aliphatic rings. The molecule has 0 saturated carbocycles. The van der Waals surface area contributed by atoms with Crippen LogP contribution in [0.3, 0.4) is 0 Å². The zero-order chi connectivity index (χ0) is 12.5. The highest BCUT2D eigenvalue weighted by molar-refractivity contribution is 5.93. The van der Waals surface area contributed by atoms with Gasteiger partial charge in [0.2, 0.25) is 5.91 Å². The fourth-order valence-electron chi connectivity index (χ4n) is 3.02. The lowest BCUT2D eigenvalue weighted by Gasteiger charge is -2.19. The maximum Gasteiger partial charge on any atom is 0.229 e. The zero-order valence-electron chi connectivity index (χ0n) is 10.0. The quantitative estimate of drug-likeness (QED) is 0.827. The van der Waals surface area contributed by atoms with Crippen molar-refractivity contribution < 1.29 is 4.79 Å². The fourth-order valence-corrected chi connectivity index (χ4v) is 3.02. The summed E-state index contributed by atoms with van der Waals surface area (Å²) < 4.78 is 0. The standard InChI is InChI=1S/C14H15N3O/c15-8-9-2-1-3-10(6-9)17-14(18)12-7-11-4-5-13(12)16-11/h1-3,6,11-13,16H,4-5,7H2,(H,17,18). The molecule has 0 spiro atoms. The molecule has 1 amide bonds. The molecule has 3 unspecified atom stereocenters. The molecule has 1 aromatic carbocycles. The van der Waals surface area contributed by atoms with E-state index in [1.807, 2.05) is 6.07 Å². The molecular weight excluding hydrogens is 226 g/mol. The van der Waals surface area contributed by atoms with Crippen molar-refractivity contribution in [3.05, 3.63) is 29.8 Å². The van der Waals surface area contributed by atoms with Crippen molar-refractivity contribution >= 4 is 11.6 Å². The summed E-state index contributed by atoms with van der Waals surface area (Å²) >= 11 is 0. The first-order valence-corrected chi connectivity index (χ1v) is 6.33. The van der Waals surface area contributed by atoms with Gasteiger partial charge in [0.25, 0.3) is 0 Å². The largest absolute Gasteiger partial charge is 0.326 e. The van der Waals surface area contributed by atoms with Gasteiger partial charge in [-0.05, 0) is 37.5 Å². The SMILES string of the molecule is N#Cc1cccc(NC(=O)C2CC3CCC2N3)c1. The van der Waals surface area contributed by atoms with E-state index < -0.39 is 0 Å². The maximum absolute atomic E-state index is 12.2. The van der Waals surface area contributed by atoms with Crippen LogP contribution in [0.2, 0.25) is 0 Å². The minimum absolute atomic E-state index is 0.0739. The summed E-state index contributed by atoms with van der Waals surface area (Å²) in [6.07, 6.45) is 3.23. The number of carbonyl (C=O) groups excluding carboxylic acids is 1. The van der Waals surface area contributed by atoms with E-state index in [4.69, 9.17) is 5.26 Å². The highest BCUT2D eigenvalue weighted by atomic mass is 16.2. The molecule has 2 fully saturated rings. The maximum atomic E-state index is 12.2. The van der Waals surface area contributed by atoms with Gasteiger partial charge < -0.3 is 10.6 Å². The zero-order valence-corrected chi connectivity index (χ0v) is 10.0. The molecule has 2 N–H and O–H groups in total. The van der Waals surface area contributed by atoms with E-state index in [1.165, 1.54) is 6.42 Å². The first-order valence-electron chi connectivity index (χ1n) is 6.33. The van der Waals surface area contributed by atoms with Crippen LogP contribution in [0.15, 0.2) is 24.3 Å². The summed E-state index contributed by atoms with van der Waals surface area (Å²) in [5.74, 6) is 0.152. The topological polar surface area (TPSA) is 64.9 Å². The summed E-state index contributed by atoms with van der Waals surface area (Å²) in [7, 11) is 0. The molecule has 2 saturated heterocycles. The third kappa shape index (κ3) is 1.98. The van der Waals surface area contributed by atoms with Gasteiger partial charge in [-0.1, -0.05) is 6.07 Å². The van der Waals surface area contributed by atoms with Crippen LogP contribution in [-0.2, 0) is 4.79 Å². The number of benzene rings is 1. The normalized spacial score (nSPS) is 28.9. The minimum Gasteiger partial charge on any atom is -0.326 e. The molecule has 2 aliphatic heterocycles. The van der Waals surface area contributed by atoms with E-state index in [0.29, 0.717) is 23.3 Å². The van der Waals surface area contributed by atoms with Crippen LogP contribution in [0.25, 0.3) is 0 Å². The Balaban J connectivity index is 1.69. The van der Waals surface area contributed by atoms with Crippen molar-refractivity contribution in [1.82, 2.24) is 5.32 Å². The van der Waals surface area contributed by atoms with E-state index >= 15 is 0 Å². The van der Waals surface area contributed by atoms with Crippen molar-refractivity contribution in [1.29, 1.82) is 5.26 Å². The molecule has 92 valence electrons. The van der Waals surface area contributed by atoms with Gasteiger partial charge in [0, 0.05) is 17.8 Å². The fraction of sp³-hybridized carbons (Fsp3) is 0.429. The number of anilines is 1. The van der Waals surface area contributed by atoms with Crippen molar-refractivity contribution in [2.75, 3.05) is 5.32 Å². The Morgan fingerprint density at radius 3 is 3.00 bits per heavy atom. The number of hydrogen-bond acceptors (Lipinski definition) is 3. The second-order valence-corrected chi connectivity index (χ2v) is 5.07. The van der Waals surface area contributed by atoms with Crippen molar-refractivity contribution in [2.45, 2.75) is 31.3 Å². The molecule has 3 atom stereocenters. The van der Waals surface area contributed by atoms with Gasteiger partial charge >= 0.3 is 0 Å². The van der Waals surface area contributed by atoms with E-state index in [2.05, 4.69) is 16.7 Å². The van der Waals surface area contributed by atoms with Gasteiger partial charge in [0.05, 0.1) is 17.6 Å². The predicted molar refractivity (Wildman–Crippen MR) is 67.8 cm³/mol. The summed E-state index contributed by atoms with van der Waals surface area (Å²) in [5.41, 5.74) is 1.28. The highest BCUT2D eigenvalue weighted by Gasteiger charge is 2.42. The van der Waals surface area contributed by atoms with Crippen LogP contribution >= 0.6 is 0 Å². The van der Waals surface area contributed by atoms with Crippen LogP contribution < -0.4 is 10.6 Å². The Morgan fingerprint density at radius 1 is 1.44 bits per heavy atom. The molecule has 0 aromatic heterocycles. The Hall–Kier alpha value is -1.86. The average Bonchev–Trinajstić information content (AvgIpc) is 3.01. The van der Waals surface area contributed by atoms with Crippen molar-refractivity contribution in [3.8, 4) is 6.07 Å². The number of fused-ring (bicyclic) bond motifs is 2. The summed E-state index contributed by atoms with van der Waals surface area (Å²) in [4.78, 5) is 12.2. The molecule has 0 radical (unpaired) electrons. The van der Waals surface area contributed by atoms with E-state index in [-0.39, 0.29) is 11.8 Å². The first-order chi connectivity index (χ1) is 8.76. The lowest BCUT2D eigenvalue weighted by Crippen LogP contribution is -2.32. The summed E-state index contributed by atoms with van der Waals surface area (Å²) in [6, 6.07) is 9.98. The van der Waals surface area contributed by atoms with E-state index in [9.17, 15) is 4.79 Å². The van der Waals surface area contributed by atoms with Crippen molar-refractivity contribution in [3.63, 3.8) is 0 Å². The third-order valence-electron chi connectivity index (χ3n) is 3.90. The molecule has 18 heavy (non-hydrogen) atoms. The molecule has 4 heteroatoms. The number of carbonyl (C=O) groups is 1. The average molecular weight is 241 g/mol. The minimum atomic E-state index is 0.0739. The highest BCUT2D eigenvalue weighted by Crippen LogP contribution is 2.33. The predicted octanol–water partition coefficient (Wildman–Crippen LogP) is 1.64. The number of hydrogen-bond donors (Lipinski definition) is 2. The Bertz CT molecular complexity index is 520. The lowest BCUT2D eigenvalue weighted by molar-refractivity contribution is -0.120. The van der Waals surface area contributed by atoms with Crippen LogP contribution in [0, 0.1) is 17.2 Å². The Morgan fingerprint density at radius 2 is 2.33 bits per heavy atom. The van der Waals surface area contributed by atoms with Gasteiger partial charge in [-0.15, -0.1) is 0 Å². The smallest absolute Gasteiger partial charge is 0.229 e. The second-order valence-electron chi connectivity index (χ2n) is 5.07. The second kappa shape index (κ2) is 4.43. The summed E-state index contributed by atoms with van der Waals surface area (Å²) in [5, 5.41) is 15.2. The Kier molecular flexibility index (Phi) is 2.77. The van der Waals surface area contributed by atoms with Gasteiger partial charge in [-0.3, -0.25) is 4.79 Å². The molecule has 0 aliphatic carbocycles. The molecule has 4 nitrogen and oxygen atoms in total. The van der Waals surface area contributed by atoms with Gasteiger partial charge in [-0.2, -0.15) is 5.26 Å². The molecular formula is C14H15N3O. The number of nitrogens with one attached hydrogen (secondary N) is 2. The third-order valence-corrected chi connectivity index (χ3v) is 3.90. The van der Waals surface area contributed by atoms with Crippen LogP contribution in [0.4, 0.5) is 5.69 Å². The van der Waals surface area contributed by atoms with E-state index in [0.717, 1.165) is 12.8 Å². The molecule has 2 bridgehead atoms. The number of nitriles is 1. The summed E-state index contributed by atoms with van der Waals surface area (Å²) in [6.45, 7) is 0. The molecule has 1 aromatic rings. The van der Waals surface area contributed by atoms with Gasteiger partial charge in [0.15, 0.2) is 0 Å². The van der Waals surface area contributed by atoms with Crippen molar-refractivity contribution in [2.24, 2.45) is 5.92 Å². The van der Waals surface area contributed by atoms with Crippen LogP contribution in [-0.4, -0.2) is 18.0 Å². The van der Waals surface area contributed by atoms with Crippen LogP contribution in [0.1, 0.15) is 24.8 Å². The monoisotopic (exact) mass is 241 g/mol. The van der Waals surface area contributed by atoms with Crippen LogP contribution in [0.5, 0.6) is 0 Å². The van der Waals surface area contributed by atoms with Gasteiger partial charge in [-0.25, -0.2) is 0 Å². The Labute approximate surface area is 106 Å². The molecule has 2 heterocycles. The number of rotatable bonds is 2. The number of nitrogens with zero attached hydrogens (tertiary/aromatic N) is 1. The lowest BCUT2D eigenvalue weighted by atomic mass is 9.88. The number of amides is 1. The van der Waals surface area contributed by atoms with E-state index in [1.54, 1.807) is 18.2 Å².